The minimum Gasteiger partial charge on any atom is -0.274 e. The quantitative estimate of drug-likeness (QED) is 0.442. The third kappa shape index (κ3) is 1.33. The Hall–Kier alpha value is -1.30. The third-order valence-electron chi connectivity index (χ3n) is 1.98. The van der Waals surface area contributed by atoms with E-state index in [9.17, 15) is 9.59 Å². The number of likely N-dealkylation sites (tertiary alicyclic amines) is 1. The van der Waals surface area contributed by atoms with Crippen LogP contribution in [0.3, 0.4) is 0 Å². The van der Waals surface area contributed by atoms with Crippen LogP contribution in [0.5, 0.6) is 0 Å². The fraction of sp³-hybridized carbons (Fsp3) is 0.556. The number of rotatable bonds is 2. The van der Waals surface area contributed by atoms with Gasteiger partial charge < -0.3 is 0 Å². The summed E-state index contributed by atoms with van der Waals surface area (Å²) in [6.45, 7) is 1.86. The zero-order valence-corrected chi connectivity index (χ0v) is 7.04. The van der Waals surface area contributed by atoms with Crippen LogP contribution in [-0.4, -0.2) is 22.8 Å². The Morgan fingerprint density at radius 3 is 2.33 bits per heavy atom. The van der Waals surface area contributed by atoms with Crippen molar-refractivity contribution in [3.05, 3.63) is 0 Å². The zero-order valence-electron chi connectivity index (χ0n) is 7.04. The number of terminal acetylenes is 1. The average Bonchev–Trinajstić information content (AvgIpc) is 2.38. The summed E-state index contributed by atoms with van der Waals surface area (Å²) in [7, 11) is 0. The van der Waals surface area contributed by atoms with Crippen LogP contribution in [-0.2, 0) is 9.59 Å². The van der Waals surface area contributed by atoms with Gasteiger partial charge in [-0.1, -0.05) is 12.8 Å². The molecule has 1 atom stereocenters. The van der Waals surface area contributed by atoms with Gasteiger partial charge >= 0.3 is 0 Å². The predicted octanol–water partition coefficient (Wildman–Crippen LogP) is 0.547. The highest BCUT2D eigenvalue weighted by atomic mass is 16.2. The first-order valence-corrected chi connectivity index (χ1v) is 4.01. The summed E-state index contributed by atoms with van der Waals surface area (Å²) in [6.07, 6.45) is 6.46. The van der Waals surface area contributed by atoms with E-state index >= 15 is 0 Å². The molecule has 64 valence electrons. The second-order valence-corrected chi connectivity index (χ2v) is 2.75. The summed E-state index contributed by atoms with van der Waals surface area (Å²) >= 11 is 0. The van der Waals surface area contributed by atoms with Crippen molar-refractivity contribution in [3.63, 3.8) is 0 Å². The van der Waals surface area contributed by atoms with Gasteiger partial charge in [-0.2, -0.15) is 0 Å². The first-order valence-electron chi connectivity index (χ1n) is 4.01. The van der Waals surface area contributed by atoms with Gasteiger partial charge in [0, 0.05) is 12.8 Å². The van der Waals surface area contributed by atoms with E-state index in [1.54, 1.807) is 0 Å². The third-order valence-corrected chi connectivity index (χ3v) is 1.98. The molecule has 0 aromatic carbocycles. The van der Waals surface area contributed by atoms with Crippen LogP contribution < -0.4 is 0 Å². The maximum absolute atomic E-state index is 11.2. The summed E-state index contributed by atoms with van der Waals surface area (Å²) in [5.41, 5.74) is 0. The molecule has 3 nitrogen and oxygen atoms in total. The average molecular weight is 165 g/mol. The van der Waals surface area contributed by atoms with Crippen LogP contribution in [0.4, 0.5) is 0 Å². The molecule has 0 N–H and O–H groups in total. The molecule has 0 saturated carbocycles. The molecule has 2 amide bonds. The van der Waals surface area contributed by atoms with E-state index in [1.165, 1.54) is 4.90 Å². The van der Waals surface area contributed by atoms with Crippen LogP contribution in [0.2, 0.25) is 0 Å². The molecule has 1 aliphatic heterocycles. The summed E-state index contributed by atoms with van der Waals surface area (Å²) in [5.74, 6) is 2.17. The van der Waals surface area contributed by atoms with Gasteiger partial charge in [0.1, 0.15) is 6.04 Å². The van der Waals surface area contributed by atoms with Crippen LogP contribution in [0.25, 0.3) is 0 Å². The molecule has 12 heavy (non-hydrogen) atoms. The smallest absolute Gasteiger partial charge is 0.230 e. The highest BCUT2D eigenvalue weighted by molar-refractivity contribution is 6.02. The van der Waals surface area contributed by atoms with Gasteiger partial charge in [0.05, 0.1) is 0 Å². The van der Waals surface area contributed by atoms with Gasteiger partial charge in [0.25, 0.3) is 0 Å². The Labute approximate surface area is 71.7 Å². The number of hydrogen-bond donors (Lipinski definition) is 0. The molecule has 0 radical (unpaired) electrons. The fourth-order valence-corrected chi connectivity index (χ4v) is 1.32. The van der Waals surface area contributed by atoms with E-state index in [0.29, 0.717) is 19.3 Å². The van der Waals surface area contributed by atoms with Crippen LogP contribution >= 0.6 is 0 Å². The van der Waals surface area contributed by atoms with E-state index in [1.807, 2.05) is 6.92 Å². The Morgan fingerprint density at radius 2 is 2.00 bits per heavy atom. The summed E-state index contributed by atoms with van der Waals surface area (Å²) < 4.78 is 0. The molecule has 1 aliphatic rings. The summed E-state index contributed by atoms with van der Waals surface area (Å²) in [6, 6.07) is -0.340. The molecular weight excluding hydrogens is 154 g/mol. The monoisotopic (exact) mass is 165 g/mol. The molecular formula is C9H11NO2. The van der Waals surface area contributed by atoms with Gasteiger partial charge in [-0.3, -0.25) is 14.5 Å². The SMILES string of the molecule is C#CC(CC)N1C(=O)CCC1=O. The molecule has 1 saturated heterocycles. The number of imide groups is 1. The summed E-state index contributed by atoms with van der Waals surface area (Å²) in [4.78, 5) is 23.5. The molecule has 0 bridgehead atoms. The van der Waals surface area contributed by atoms with Crippen LogP contribution in [0.1, 0.15) is 26.2 Å². The topological polar surface area (TPSA) is 37.4 Å². The first-order chi connectivity index (χ1) is 5.70. The lowest BCUT2D eigenvalue weighted by Gasteiger charge is -2.19. The number of carbonyl (C=O) groups is 2. The second kappa shape index (κ2) is 3.40. The molecule has 0 aromatic heterocycles. The highest BCUT2D eigenvalue weighted by Crippen LogP contribution is 2.16. The van der Waals surface area contributed by atoms with Crippen molar-refractivity contribution in [1.82, 2.24) is 4.90 Å². The zero-order chi connectivity index (χ0) is 9.14. The standard InChI is InChI=1S/C9H11NO2/c1-3-7(4-2)10-8(11)5-6-9(10)12/h1,7H,4-6H2,2H3. The van der Waals surface area contributed by atoms with Gasteiger partial charge in [-0.25, -0.2) is 0 Å². The van der Waals surface area contributed by atoms with Crippen molar-refractivity contribution in [1.29, 1.82) is 0 Å². The normalized spacial score (nSPS) is 19.5. The Balaban J connectivity index is 2.79. The van der Waals surface area contributed by atoms with E-state index in [2.05, 4.69) is 5.92 Å². The molecule has 3 heteroatoms. The predicted molar refractivity (Wildman–Crippen MR) is 44.0 cm³/mol. The minimum absolute atomic E-state index is 0.134. The lowest BCUT2D eigenvalue weighted by Crippen LogP contribution is -2.37. The van der Waals surface area contributed by atoms with Gasteiger partial charge in [-0.05, 0) is 6.42 Å². The highest BCUT2D eigenvalue weighted by Gasteiger charge is 2.32. The molecule has 1 rings (SSSR count). The van der Waals surface area contributed by atoms with E-state index in [-0.39, 0.29) is 17.9 Å². The number of amides is 2. The summed E-state index contributed by atoms with van der Waals surface area (Å²) in [5, 5.41) is 0. The Bertz CT molecular complexity index is 236. The van der Waals surface area contributed by atoms with Crippen molar-refractivity contribution in [3.8, 4) is 12.3 Å². The second-order valence-electron chi connectivity index (χ2n) is 2.75. The van der Waals surface area contributed by atoms with Crippen molar-refractivity contribution in [2.45, 2.75) is 32.2 Å². The fourth-order valence-electron chi connectivity index (χ4n) is 1.32. The molecule has 1 heterocycles. The maximum atomic E-state index is 11.2. The maximum Gasteiger partial charge on any atom is 0.230 e. The largest absolute Gasteiger partial charge is 0.274 e. The van der Waals surface area contributed by atoms with E-state index < -0.39 is 0 Å². The van der Waals surface area contributed by atoms with Crippen molar-refractivity contribution in [2.24, 2.45) is 0 Å². The Kier molecular flexibility index (Phi) is 2.49. The van der Waals surface area contributed by atoms with Crippen molar-refractivity contribution >= 4 is 11.8 Å². The van der Waals surface area contributed by atoms with E-state index in [4.69, 9.17) is 6.42 Å². The molecule has 1 fully saturated rings. The molecule has 0 spiro atoms. The first kappa shape index (κ1) is 8.79. The van der Waals surface area contributed by atoms with Gasteiger partial charge in [-0.15, -0.1) is 6.42 Å². The lowest BCUT2D eigenvalue weighted by atomic mass is 10.2. The number of hydrogen-bond acceptors (Lipinski definition) is 2. The van der Waals surface area contributed by atoms with Gasteiger partial charge in [0.15, 0.2) is 0 Å². The van der Waals surface area contributed by atoms with Crippen molar-refractivity contribution < 1.29 is 9.59 Å². The Morgan fingerprint density at radius 1 is 1.50 bits per heavy atom. The lowest BCUT2D eigenvalue weighted by molar-refractivity contribution is -0.139. The van der Waals surface area contributed by atoms with Gasteiger partial charge in [0.2, 0.25) is 11.8 Å². The van der Waals surface area contributed by atoms with E-state index in [0.717, 1.165) is 0 Å². The molecule has 1 unspecified atom stereocenters. The minimum atomic E-state index is -0.340. The van der Waals surface area contributed by atoms with Crippen molar-refractivity contribution in [2.75, 3.05) is 0 Å². The molecule has 0 aromatic rings. The number of nitrogens with zero attached hydrogens (tertiary/aromatic N) is 1. The van der Waals surface area contributed by atoms with Crippen LogP contribution in [0, 0.1) is 12.3 Å². The molecule has 0 aliphatic carbocycles. The van der Waals surface area contributed by atoms with Crippen LogP contribution in [0.15, 0.2) is 0 Å². The number of carbonyl (C=O) groups excluding carboxylic acids is 2.